The molecule has 8 nitrogen and oxygen atoms in total. The van der Waals surface area contributed by atoms with Gasteiger partial charge in [-0.25, -0.2) is 14.8 Å². The van der Waals surface area contributed by atoms with E-state index in [1.807, 2.05) is 16.7 Å². The maximum atomic E-state index is 12.4. The maximum absolute atomic E-state index is 12.4. The lowest BCUT2D eigenvalue weighted by atomic mass is 10.1. The van der Waals surface area contributed by atoms with E-state index in [0.29, 0.717) is 43.5 Å². The molecule has 0 spiro atoms. The van der Waals surface area contributed by atoms with Gasteiger partial charge in [0.2, 0.25) is 0 Å². The van der Waals surface area contributed by atoms with Gasteiger partial charge in [-0.3, -0.25) is 0 Å². The fraction of sp³-hybridized carbons (Fsp3) is 0.208. The molecule has 5 rings (SSSR count). The largest absolute Gasteiger partial charge is 0.486 e. The van der Waals surface area contributed by atoms with Crippen molar-refractivity contribution in [3.8, 4) is 22.9 Å². The van der Waals surface area contributed by atoms with E-state index in [2.05, 4.69) is 46.8 Å². The number of imidazole rings is 1. The van der Waals surface area contributed by atoms with Gasteiger partial charge < -0.3 is 24.7 Å². The Morgan fingerprint density at radius 1 is 1.06 bits per heavy atom. The SMILES string of the molecule is Cc1ccc(-c2nc3cccnc3n2CCNC(=O)Nc2ccc3c(c2)OCCO3)cc1. The van der Waals surface area contributed by atoms with Crippen LogP contribution in [0.2, 0.25) is 0 Å². The third kappa shape index (κ3) is 4.07. The molecule has 2 N–H and O–H groups in total. The van der Waals surface area contributed by atoms with Gasteiger partial charge in [0.25, 0.3) is 0 Å². The molecule has 2 aromatic carbocycles. The lowest BCUT2D eigenvalue weighted by molar-refractivity contribution is 0.171. The Balaban J connectivity index is 1.28. The molecule has 3 heterocycles. The molecule has 8 heteroatoms. The molecular weight excluding hydrogens is 406 g/mol. The third-order valence-corrected chi connectivity index (χ3v) is 5.23. The number of ether oxygens (including phenoxy) is 2. The molecule has 162 valence electrons. The Morgan fingerprint density at radius 2 is 1.88 bits per heavy atom. The lowest BCUT2D eigenvalue weighted by Gasteiger charge is -2.19. The van der Waals surface area contributed by atoms with E-state index in [1.165, 1.54) is 5.56 Å². The predicted octanol–water partition coefficient (Wildman–Crippen LogP) is 4.00. The molecule has 1 aliphatic heterocycles. The van der Waals surface area contributed by atoms with Crippen LogP contribution in [0.15, 0.2) is 60.8 Å². The molecule has 2 amide bonds. The van der Waals surface area contributed by atoms with Crippen LogP contribution in [0.5, 0.6) is 11.5 Å². The summed E-state index contributed by atoms with van der Waals surface area (Å²) in [6.45, 7) is 4.03. The van der Waals surface area contributed by atoms with Crippen LogP contribution in [0.3, 0.4) is 0 Å². The second kappa shape index (κ2) is 8.58. The van der Waals surface area contributed by atoms with E-state index < -0.39 is 0 Å². The number of aromatic nitrogens is 3. The van der Waals surface area contributed by atoms with Crippen LogP contribution in [-0.4, -0.2) is 40.3 Å². The van der Waals surface area contributed by atoms with Crippen molar-refractivity contribution >= 4 is 22.9 Å². The molecule has 0 atom stereocenters. The first kappa shape index (κ1) is 19.9. The van der Waals surface area contributed by atoms with Crippen LogP contribution in [0.4, 0.5) is 10.5 Å². The number of hydrogen-bond donors (Lipinski definition) is 2. The summed E-state index contributed by atoms with van der Waals surface area (Å²) in [5.74, 6) is 2.14. The van der Waals surface area contributed by atoms with Gasteiger partial charge in [-0.05, 0) is 31.2 Å². The molecule has 0 bridgehead atoms. The number of benzene rings is 2. The van der Waals surface area contributed by atoms with E-state index in [9.17, 15) is 4.79 Å². The zero-order chi connectivity index (χ0) is 21.9. The summed E-state index contributed by atoms with van der Waals surface area (Å²) >= 11 is 0. The van der Waals surface area contributed by atoms with Crippen molar-refractivity contribution in [1.82, 2.24) is 19.9 Å². The highest BCUT2D eigenvalue weighted by molar-refractivity contribution is 5.89. The van der Waals surface area contributed by atoms with Crippen molar-refractivity contribution in [2.75, 3.05) is 25.1 Å². The zero-order valence-electron chi connectivity index (χ0n) is 17.7. The summed E-state index contributed by atoms with van der Waals surface area (Å²) in [7, 11) is 0. The molecule has 32 heavy (non-hydrogen) atoms. The summed E-state index contributed by atoms with van der Waals surface area (Å²) in [6.07, 6.45) is 1.75. The summed E-state index contributed by atoms with van der Waals surface area (Å²) in [6, 6.07) is 17.1. The number of nitrogens with zero attached hydrogens (tertiary/aromatic N) is 3. The summed E-state index contributed by atoms with van der Waals surface area (Å²) < 4.78 is 13.1. The van der Waals surface area contributed by atoms with Gasteiger partial charge in [0.1, 0.15) is 24.6 Å². The molecule has 0 aliphatic carbocycles. The maximum Gasteiger partial charge on any atom is 0.319 e. The first-order chi connectivity index (χ1) is 15.7. The Labute approximate surface area is 185 Å². The standard InChI is InChI=1S/C24H23N5O3/c1-16-4-6-17(7-5-16)22-28-19-3-2-10-25-23(19)29(22)12-11-26-24(30)27-18-8-9-20-21(15-18)32-14-13-31-20/h2-10,15H,11-14H2,1H3,(H2,26,27,30). The highest BCUT2D eigenvalue weighted by Crippen LogP contribution is 2.32. The number of aryl methyl sites for hydroxylation is 1. The first-order valence-corrected chi connectivity index (χ1v) is 10.5. The van der Waals surface area contributed by atoms with E-state index in [4.69, 9.17) is 14.5 Å². The average molecular weight is 429 g/mol. The number of urea groups is 1. The number of anilines is 1. The van der Waals surface area contributed by atoms with Crippen LogP contribution >= 0.6 is 0 Å². The quantitative estimate of drug-likeness (QED) is 0.501. The van der Waals surface area contributed by atoms with E-state index in [1.54, 1.807) is 24.4 Å². The highest BCUT2D eigenvalue weighted by atomic mass is 16.6. The van der Waals surface area contributed by atoms with Gasteiger partial charge in [0.15, 0.2) is 17.1 Å². The van der Waals surface area contributed by atoms with Gasteiger partial charge in [0.05, 0.1) is 0 Å². The van der Waals surface area contributed by atoms with Gasteiger partial charge in [0, 0.05) is 36.6 Å². The number of nitrogens with one attached hydrogen (secondary N) is 2. The smallest absolute Gasteiger partial charge is 0.319 e. The minimum atomic E-state index is -0.295. The molecule has 4 aromatic rings. The molecule has 0 unspecified atom stereocenters. The Hall–Kier alpha value is -4.07. The second-order valence-electron chi connectivity index (χ2n) is 7.54. The molecule has 0 radical (unpaired) electrons. The van der Waals surface area contributed by atoms with Gasteiger partial charge in [-0.1, -0.05) is 29.8 Å². The van der Waals surface area contributed by atoms with Crippen LogP contribution < -0.4 is 20.1 Å². The molecule has 1 aliphatic rings. The van der Waals surface area contributed by atoms with Crippen LogP contribution in [0, 0.1) is 6.92 Å². The number of fused-ring (bicyclic) bond motifs is 2. The van der Waals surface area contributed by atoms with Crippen LogP contribution in [-0.2, 0) is 6.54 Å². The van der Waals surface area contributed by atoms with Gasteiger partial charge in [-0.15, -0.1) is 0 Å². The number of carbonyl (C=O) groups is 1. The van der Waals surface area contributed by atoms with Crippen molar-refractivity contribution < 1.29 is 14.3 Å². The normalized spacial score (nSPS) is 12.5. The minimum Gasteiger partial charge on any atom is -0.486 e. The fourth-order valence-electron chi connectivity index (χ4n) is 3.67. The van der Waals surface area contributed by atoms with Crippen molar-refractivity contribution in [3.05, 3.63) is 66.4 Å². The number of carbonyl (C=O) groups excluding carboxylic acids is 1. The van der Waals surface area contributed by atoms with Crippen molar-refractivity contribution in [2.24, 2.45) is 0 Å². The van der Waals surface area contributed by atoms with E-state index in [0.717, 1.165) is 22.6 Å². The highest BCUT2D eigenvalue weighted by Gasteiger charge is 2.15. The first-order valence-electron chi connectivity index (χ1n) is 10.5. The predicted molar refractivity (Wildman–Crippen MR) is 122 cm³/mol. The monoisotopic (exact) mass is 429 g/mol. The van der Waals surface area contributed by atoms with Crippen LogP contribution in [0.1, 0.15) is 5.56 Å². The Morgan fingerprint density at radius 3 is 2.72 bits per heavy atom. The Kier molecular flexibility index (Phi) is 5.33. The number of rotatable bonds is 5. The van der Waals surface area contributed by atoms with Crippen LogP contribution in [0.25, 0.3) is 22.6 Å². The van der Waals surface area contributed by atoms with Gasteiger partial charge in [-0.2, -0.15) is 0 Å². The number of amides is 2. The van der Waals surface area contributed by atoms with Crippen molar-refractivity contribution in [1.29, 1.82) is 0 Å². The second-order valence-corrected chi connectivity index (χ2v) is 7.54. The summed E-state index contributed by atoms with van der Waals surface area (Å²) in [5.41, 5.74) is 4.45. The third-order valence-electron chi connectivity index (χ3n) is 5.23. The number of pyridine rings is 1. The molecule has 0 fully saturated rings. The Bertz CT molecular complexity index is 1270. The fourth-order valence-corrected chi connectivity index (χ4v) is 3.67. The molecule has 2 aromatic heterocycles. The number of hydrogen-bond acceptors (Lipinski definition) is 5. The average Bonchev–Trinajstić information content (AvgIpc) is 3.18. The molecule has 0 saturated heterocycles. The van der Waals surface area contributed by atoms with Gasteiger partial charge >= 0.3 is 6.03 Å². The molecular formula is C24H23N5O3. The van der Waals surface area contributed by atoms with Crippen molar-refractivity contribution in [2.45, 2.75) is 13.5 Å². The summed E-state index contributed by atoms with van der Waals surface area (Å²) in [4.78, 5) is 21.7. The van der Waals surface area contributed by atoms with E-state index >= 15 is 0 Å². The molecule has 0 saturated carbocycles. The zero-order valence-corrected chi connectivity index (χ0v) is 17.7. The van der Waals surface area contributed by atoms with Crippen molar-refractivity contribution in [3.63, 3.8) is 0 Å². The topological polar surface area (TPSA) is 90.3 Å². The van der Waals surface area contributed by atoms with E-state index in [-0.39, 0.29) is 6.03 Å². The lowest BCUT2D eigenvalue weighted by Crippen LogP contribution is -2.31. The summed E-state index contributed by atoms with van der Waals surface area (Å²) in [5, 5.41) is 5.74. The minimum absolute atomic E-state index is 0.295.